The Kier molecular flexibility index (Phi) is 5.18. The lowest BCUT2D eigenvalue weighted by Gasteiger charge is -2.35. The first-order chi connectivity index (χ1) is 13.9. The molecule has 2 aliphatic carbocycles. The Morgan fingerprint density at radius 2 is 1.90 bits per heavy atom. The predicted octanol–water partition coefficient (Wildman–Crippen LogP) is 6.10. The number of sulfonamides is 1. The van der Waals surface area contributed by atoms with E-state index in [0.717, 1.165) is 12.3 Å². The van der Waals surface area contributed by atoms with Crippen LogP contribution in [0.1, 0.15) is 66.2 Å². The maximum atomic E-state index is 13.3. The van der Waals surface area contributed by atoms with Gasteiger partial charge in [0.05, 0.1) is 15.8 Å². The molecule has 0 spiro atoms. The van der Waals surface area contributed by atoms with Crippen LogP contribution in [-0.4, -0.2) is 19.3 Å². The lowest BCUT2D eigenvalue weighted by molar-refractivity contribution is 0.346. The summed E-state index contributed by atoms with van der Waals surface area (Å²) in [5.74, 6) is 1.91. The van der Waals surface area contributed by atoms with Gasteiger partial charge < -0.3 is 0 Å². The third-order valence-corrected chi connectivity index (χ3v) is 9.62. The summed E-state index contributed by atoms with van der Waals surface area (Å²) >= 11 is 12.1. The molecule has 154 valence electrons. The number of nitrogens with zero attached hydrogens (tertiary/aromatic N) is 1. The van der Waals surface area contributed by atoms with Gasteiger partial charge in [-0.15, -0.1) is 0 Å². The van der Waals surface area contributed by atoms with Crippen LogP contribution in [-0.2, 0) is 22.3 Å². The summed E-state index contributed by atoms with van der Waals surface area (Å²) < 4.78 is 28.2. The third-order valence-electron chi connectivity index (χ3n) is 7.08. The van der Waals surface area contributed by atoms with Gasteiger partial charge in [0.1, 0.15) is 0 Å². The van der Waals surface area contributed by atoms with E-state index in [1.54, 1.807) is 22.5 Å². The summed E-state index contributed by atoms with van der Waals surface area (Å²) in [5.41, 5.74) is 4.84. The minimum atomic E-state index is -3.44. The van der Waals surface area contributed by atoms with Crippen LogP contribution in [0.5, 0.6) is 0 Å². The van der Waals surface area contributed by atoms with Crippen LogP contribution in [0.2, 0.25) is 10.0 Å². The molecule has 6 heteroatoms. The van der Waals surface area contributed by atoms with Crippen molar-refractivity contribution in [3.05, 3.63) is 68.7 Å². The van der Waals surface area contributed by atoms with Crippen molar-refractivity contribution >= 4 is 33.2 Å². The molecule has 0 amide bonds. The van der Waals surface area contributed by atoms with Gasteiger partial charge in [-0.2, -0.15) is 4.31 Å². The Labute approximate surface area is 183 Å². The number of fused-ring (bicyclic) bond motifs is 2. The first-order valence-electron chi connectivity index (χ1n) is 10.5. The smallest absolute Gasteiger partial charge is 0.212 e. The molecular formula is C23H25Cl2NO2S. The van der Waals surface area contributed by atoms with Gasteiger partial charge in [-0.3, -0.25) is 0 Å². The second kappa shape index (κ2) is 7.56. The van der Waals surface area contributed by atoms with Crippen molar-refractivity contribution in [2.24, 2.45) is 5.92 Å². The second-order valence-corrected chi connectivity index (χ2v) is 11.6. The third kappa shape index (κ3) is 3.63. The van der Waals surface area contributed by atoms with Crippen molar-refractivity contribution in [1.29, 1.82) is 0 Å². The molecule has 0 bridgehead atoms. The Balaban J connectivity index is 1.45. The fourth-order valence-corrected chi connectivity index (χ4v) is 7.63. The summed E-state index contributed by atoms with van der Waals surface area (Å²) in [5, 5.41) is 0.832. The van der Waals surface area contributed by atoms with Gasteiger partial charge in [-0.1, -0.05) is 53.9 Å². The summed E-state index contributed by atoms with van der Waals surface area (Å²) in [4.78, 5) is 0. The zero-order chi connectivity index (χ0) is 20.2. The molecule has 3 atom stereocenters. The highest BCUT2D eigenvalue weighted by atomic mass is 35.5. The van der Waals surface area contributed by atoms with Crippen molar-refractivity contribution in [2.75, 3.05) is 6.54 Å². The van der Waals surface area contributed by atoms with Gasteiger partial charge in [0.25, 0.3) is 0 Å². The average Bonchev–Trinajstić information content (AvgIpc) is 3.07. The van der Waals surface area contributed by atoms with E-state index in [9.17, 15) is 8.42 Å². The maximum Gasteiger partial charge on any atom is 0.218 e. The number of hydrogen-bond acceptors (Lipinski definition) is 2. The summed E-state index contributed by atoms with van der Waals surface area (Å²) in [6, 6.07) is 11.6. The maximum absolute atomic E-state index is 13.3. The molecule has 0 N–H and O–H groups in total. The Bertz CT molecular complexity index is 1050. The fraction of sp³-hybridized carbons (Fsp3) is 0.478. The highest BCUT2D eigenvalue weighted by Gasteiger charge is 2.40. The van der Waals surface area contributed by atoms with Crippen molar-refractivity contribution in [1.82, 2.24) is 4.31 Å². The number of benzene rings is 2. The van der Waals surface area contributed by atoms with Gasteiger partial charge >= 0.3 is 0 Å². The van der Waals surface area contributed by atoms with Crippen molar-refractivity contribution in [3.8, 4) is 0 Å². The van der Waals surface area contributed by atoms with Crippen LogP contribution in [0.25, 0.3) is 0 Å². The second-order valence-electron chi connectivity index (χ2n) is 8.78. The van der Waals surface area contributed by atoms with Crippen molar-refractivity contribution in [2.45, 2.75) is 56.2 Å². The number of halogens is 2. The van der Waals surface area contributed by atoms with E-state index in [0.29, 0.717) is 40.5 Å². The average molecular weight is 450 g/mol. The van der Waals surface area contributed by atoms with Gasteiger partial charge in [0, 0.05) is 13.1 Å². The topological polar surface area (TPSA) is 37.4 Å². The van der Waals surface area contributed by atoms with Crippen LogP contribution >= 0.6 is 23.2 Å². The molecule has 0 aromatic heterocycles. The molecule has 3 nitrogen and oxygen atoms in total. The molecule has 5 rings (SSSR count). The quantitative estimate of drug-likeness (QED) is 0.567. The van der Waals surface area contributed by atoms with Crippen molar-refractivity contribution in [3.63, 3.8) is 0 Å². The minimum absolute atomic E-state index is 0.0468. The molecule has 2 aromatic rings. The van der Waals surface area contributed by atoms with Crippen LogP contribution < -0.4 is 0 Å². The zero-order valence-corrected chi connectivity index (χ0v) is 18.6. The lowest BCUT2D eigenvalue weighted by Crippen LogP contribution is -2.32. The molecule has 29 heavy (non-hydrogen) atoms. The first kappa shape index (κ1) is 19.9. The van der Waals surface area contributed by atoms with Crippen LogP contribution in [0.4, 0.5) is 0 Å². The van der Waals surface area contributed by atoms with E-state index in [-0.39, 0.29) is 5.75 Å². The van der Waals surface area contributed by atoms with Crippen LogP contribution in [0, 0.1) is 5.92 Å². The summed E-state index contributed by atoms with van der Waals surface area (Å²) in [6.07, 6.45) is 6.07. The Hall–Kier alpha value is -1.07. The number of hydrogen-bond donors (Lipinski definition) is 0. The predicted molar refractivity (Wildman–Crippen MR) is 118 cm³/mol. The normalized spacial score (nSPS) is 26.6. The molecule has 1 fully saturated rings. The van der Waals surface area contributed by atoms with Crippen LogP contribution in [0.3, 0.4) is 0 Å². The summed E-state index contributed by atoms with van der Waals surface area (Å²) in [6.45, 7) is 1.06. The molecule has 0 radical (unpaired) electrons. The zero-order valence-electron chi connectivity index (χ0n) is 16.3. The van der Waals surface area contributed by atoms with E-state index < -0.39 is 10.0 Å². The van der Waals surface area contributed by atoms with Crippen molar-refractivity contribution < 1.29 is 8.42 Å². The lowest BCUT2D eigenvalue weighted by atomic mass is 9.70. The van der Waals surface area contributed by atoms with Crippen LogP contribution in [0.15, 0.2) is 36.4 Å². The van der Waals surface area contributed by atoms with E-state index in [1.165, 1.54) is 42.4 Å². The Morgan fingerprint density at radius 1 is 1.03 bits per heavy atom. The van der Waals surface area contributed by atoms with Gasteiger partial charge in [-0.05, 0) is 77.8 Å². The largest absolute Gasteiger partial charge is 0.218 e. The molecule has 1 heterocycles. The molecule has 1 saturated carbocycles. The molecule has 3 aliphatic rings. The van der Waals surface area contributed by atoms with E-state index in [2.05, 4.69) is 18.2 Å². The summed E-state index contributed by atoms with van der Waals surface area (Å²) in [7, 11) is -3.44. The van der Waals surface area contributed by atoms with Gasteiger partial charge in [-0.25, -0.2) is 8.42 Å². The standard InChI is InChI=1S/C23H25Cl2NO2S/c24-21-8-7-15(11-22(21)25)14-29(27,28)26-10-9-17-12-16-3-1-5-19(16)20-6-2-4-18(13-26)23(17)20/h2,4,6-8,11,16-17,19H,1,3,5,9-10,12-14H2/t16?,17-,19?/m0/s1. The molecule has 2 aromatic carbocycles. The van der Waals surface area contributed by atoms with E-state index >= 15 is 0 Å². The number of rotatable bonds is 3. The molecular weight excluding hydrogens is 425 g/mol. The molecule has 2 unspecified atom stereocenters. The minimum Gasteiger partial charge on any atom is -0.212 e. The van der Waals surface area contributed by atoms with Gasteiger partial charge in [0.2, 0.25) is 10.0 Å². The van der Waals surface area contributed by atoms with E-state index in [4.69, 9.17) is 23.2 Å². The highest BCUT2D eigenvalue weighted by Crippen LogP contribution is 2.53. The monoisotopic (exact) mass is 449 g/mol. The SMILES string of the molecule is O=S(=O)(Cc1ccc(Cl)c(Cl)c1)N1CC[C@H]2CC3CCCC3c3cccc(c32)C1. The molecule has 0 saturated heterocycles. The Morgan fingerprint density at radius 3 is 2.72 bits per heavy atom. The fourth-order valence-electron chi connectivity index (χ4n) is 5.80. The molecule has 1 aliphatic heterocycles. The first-order valence-corrected chi connectivity index (χ1v) is 12.8. The van der Waals surface area contributed by atoms with E-state index in [1.807, 2.05) is 0 Å². The van der Waals surface area contributed by atoms with Gasteiger partial charge in [0.15, 0.2) is 0 Å². The highest BCUT2D eigenvalue weighted by molar-refractivity contribution is 7.88.